The van der Waals surface area contributed by atoms with Crippen LogP contribution in [0.5, 0.6) is 0 Å². The van der Waals surface area contributed by atoms with E-state index in [-0.39, 0.29) is 0 Å². The molecule has 0 aliphatic rings. The minimum absolute atomic E-state index is 0.325. The first-order chi connectivity index (χ1) is 6.91. The molecule has 0 aliphatic heterocycles. The van der Waals surface area contributed by atoms with Gasteiger partial charge in [0.25, 0.3) is 0 Å². The van der Waals surface area contributed by atoms with Crippen molar-refractivity contribution >= 4 is 29.3 Å². The van der Waals surface area contributed by atoms with E-state index in [1.807, 2.05) is 0 Å². The van der Waals surface area contributed by atoms with Crippen molar-refractivity contribution in [2.45, 2.75) is 10.5 Å². The first-order valence-electron chi connectivity index (χ1n) is 3.60. The third-order valence-electron chi connectivity index (χ3n) is 1.41. The number of carboxylic acid groups (broad SMARTS) is 1. The third kappa shape index (κ3) is 3.67. The van der Waals surface area contributed by atoms with Gasteiger partial charge in [0.05, 0.1) is 0 Å². The maximum absolute atomic E-state index is 12.2. The summed E-state index contributed by atoms with van der Waals surface area (Å²) in [4.78, 5) is 14.0. The summed E-state index contributed by atoms with van der Waals surface area (Å²) in [5.74, 6) is -4.83. The lowest BCUT2D eigenvalue weighted by Gasteiger charge is -2.14. The highest BCUT2D eigenvalue weighted by molar-refractivity contribution is 8.00. The smallest absolute Gasteiger partial charge is 0.403 e. The maximum atomic E-state index is 12.2. The summed E-state index contributed by atoms with van der Waals surface area (Å²) in [6.07, 6.45) is -3.53. The molecule has 9 heteroatoms. The molecular formula is C6H5F3N2O2S2. The van der Waals surface area contributed by atoms with Gasteiger partial charge in [-0.3, -0.25) is 4.79 Å². The van der Waals surface area contributed by atoms with Gasteiger partial charge in [0.1, 0.15) is 6.33 Å². The van der Waals surface area contributed by atoms with Crippen LogP contribution in [0.4, 0.5) is 13.2 Å². The van der Waals surface area contributed by atoms with Gasteiger partial charge in [-0.05, 0) is 11.5 Å². The van der Waals surface area contributed by atoms with Gasteiger partial charge in [-0.1, -0.05) is 11.8 Å². The van der Waals surface area contributed by atoms with Crippen LogP contribution in [0.15, 0.2) is 10.7 Å². The Bertz CT molecular complexity index is 328. The Balaban J connectivity index is 2.57. The second kappa shape index (κ2) is 4.79. The molecule has 1 aromatic heterocycles. The van der Waals surface area contributed by atoms with E-state index >= 15 is 0 Å². The van der Waals surface area contributed by atoms with Crippen LogP contribution < -0.4 is 0 Å². The number of aliphatic carboxylic acids is 1. The third-order valence-corrected chi connectivity index (χ3v) is 3.30. The van der Waals surface area contributed by atoms with Crippen LogP contribution in [0.1, 0.15) is 0 Å². The van der Waals surface area contributed by atoms with E-state index in [0.29, 0.717) is 4.34 Å². The molecule has 4 nitrogen and oxygen atoms in total. The van der Waals surface area contributed by atoms with Crippen LogP contribution >= 0.6 is 23.3 Å². The fraction of sp³-hybridized carbons (Fsp3) is 0.500. The topological polar surface area (TPSA) is 63.1 Å². The summed E-state index contributed by atoms with van der Waals surface area (Å²) in [7, 11) is 0. The van der Waals surface area contributed by atoms with Gasteiger partial charge in [0.15, 0.2) is 10.3 Å². The molecule has 0 aliphatic carbocycles. The van der Waals surface area contributed by atoms with Gasteiger partial charge >= 0.3 is 12.1 Å². The summed E-state index contributed by atoms with van der Waals surface area (Å²) in [5, 5.41) is 8.37. The minimum Gasteiger partial charge on any atom is -0.481 e. The summed E-state index contributed by atoms with van der Waals surface area (Å²) in [6.45, 7) is 0. The number of carboxylic acids is 1. The monoisotopic (exact) mass is 258 g/mol. The second-order valence-electron chi connectivity index (χ2n) is 2.45. The Labute approximate surface area is 90.7 Å². The highest BCUT2D eigenvalue weighted by Crippen LogP contribution is 2.32. The van der Waals surface area contributed by atoms with Crippen LogP contribution in [-0.2, 0) is 4.79 Å². The SMILES string of the molecule is O=C(O)C(CSc1ncns1)C(F)(F)F. The molecule has 0 spiro atoms. The molecule has 1 rings (SSSR count). The molecule has 0 fully saturated rings. The molecule has 0 radical (unpaired) electrons. The number of hydrogen-bond acceptors (Lipinski definition) is 5. The van der Waals surface area contributed by atoms with Gasteiger partial charge in [0.2, 0.25) is 0 Å². The molecule has 0 saturated heterocycles. The van der Waals surface area contributed by atoms with Crippen molar-refractivity contribution in [1.29, 1.82) is 0 Å². The average molecular weight is 258 g/mol. The first-order valence-corrected chi connectivity index (χ1v) is 5.36. The number of hydrogen-bond donors (Lipinski definition) is 1. The maximum Gasteiger partial charge on any atom is 0.403 e. The molecule has 1 unspecified atom stereocenters. The van der Waals surface area contributed by atoms with Crippen LogP contribution in [0.25, 0.3) is 0 Å². The molecule has 1 aromatic rings. The number of nitrogens with zero attached hydrogens (tertiary/aromatic N) is 2. The number of thioether (sulfide) groups is 1. The van der Waals surface area contributed by atoms with Crippen molar-refractivity contribution < 1.29 is 23.1 Å². The van der Waals surface area contributed by atoms with E-state index in [2.05, 4.69) is 9.36 Å². The summed E-state index contributed by atoms with van der Waals surface area (Å²) < 4.78 is 40.4. The molecule has 0 amide bonds. The standard InChI is InChI=1S/C6H5F3N2O2S2/c7-6(8,9)3(4(12)13)1-14-5-10-2-11-15-5/h2-3H,1H2,(H,12,13). The zero-order valence-electron chi connectivity index (χ0n) is 7.06. The van der Waals surface area contributed by atoms with E-state index < -0.39 is 23.8 Å². The molecule has 15 heavy (non-hydrogen) atoms. The van der Waals surface area contributed by atoms with Gasteiger partial charge in [-0.25, -0.2) is 4.98 Å². The first kappa shape index (κ1) is 12.2. The molecule has 1 heterocycles. The lowest BCUT2D eigenvalue weighted by atomic mass is 10.2. The van der Waals surface area contributed by atoms with Gasteiger partial charge in [0, 0.05) is 5.75 Å². The molecule has 1 atom stereocenters. The van der Waals surface area contributed by atoms with E-state index in [1.165, 1.54) is 6.33 Å². The van der Waals surface area contributed by atoms with E-state index in [9.17, 15) is 18.0 Å². The van der Waals surface area contributed by atoms with Crippen LogP contribution in [0, 0.1) is 5.92 Å². The van der Waals surface area contributed by atoms with Crippen molar-refractivity contribution in [3.8, 4) is 0 Å². The average Bonchev–Trinajstić information content (AvgIpc) is 2.53. The fourth-order valence-electron chi connectivity index (χ4n) is 0.687. The molecule has 0 bridgehead atoms. The normalized spacial score (nSPS) is 13.8. The highest BCUT2D eigenvalue weighted by Gasteiger charge is 2.45. The molecule has 84 valence electrons. The Hall–Kier alpha value is -0.830. The number of halogens is 3. The van der Waals surface area contributed by atoms with Crippen molar-refractivity contribution in [1.82, 2.24) is 9.36 Å². The van der Waals surface area contributed by atoms with Gasteiger partial charge in [-0.2, -0.15) is 17.5 Å². The lowest BCUT2D eigenvalue weighted by Crippen LogP contribution is -2.32. The largest absolute Gasteiger partial charge is 0.481 e. The van der Waals surface area contributed by atoms with Crippen molar-refractivity contribution in [2.24, 2.45) is 5.92 Å². The van der Waals surface area contributed by atoms with E-state index in [0.717, 1.165) is 23.3 Å². The van der Waals surface area contributed by atoms with Crippen molar-refractivity contribution in [3.05, 3.63) is 6.33 Å². The Kier molecular flexibility index (Phi) is 3.91. The van der Waals surface area contributed by atoms with Crippen LogP contribution in [0.3, 0.4) is 0 Å². The number of aromatic nitrogens is 2. The number of carbonyl (C=O) groups is 1. The quantitative estimate of drug-likeness (QED) is 0.835. The fourth-order valence-corrected chi connectivity index (χ4v) is 2.27. The second-order valence-corrected chi connectivity index (χ2v) is 4.50. The van der Waals surface area contributed by atoms with Crippen molar-refractivity contribution in [2.75, 3.05) is 5.75 Å². The van der Waals surface area contributed by atoms with Gasteiger partial charge < -0.3 is 5.11 Å². The zero-order chi connectivity index (χ0) is 11.5. The number of rotatable bonds is 4. The molecule has 0 saturated carbocycles. The predicted octanol–water partition coefficient (Wildman–Crippen LogP) is 1.89. The summed E-state index contributed by atoms with van der Waals surface area (Å²) in [5.41, 5.74) is 0. The zero-order valence-corrected chi connectivity index (χ0v) is 8.70. The molecular weight excluding hydrogens is 253 g/mol. The van der Waals surface area contributed by atoms with Crippen LogP contribution in [-0.4, -0.2) is 32.4 Å². The highest BCUT2D eigenvalue weighted by atomic mass is 32.2. The Morgan fingerprint density at radius 2 is 2.33 bits per heavy atom. The lowest BCUT2D eigenvalue weighted by molar-refractivity contribution is -0.188. The minimum atomic E-state index is -4.73. The summed E-state index contributed by atoms with van der Waals surface area (Å²) >= 11 is 1.66. The predicted molar refractivity (Wildman–Crippen MR) is 47.8 cm³/mol. The van der Waals surface area contributed by atoms with Crippen molar-refractivity contribution in [3.63, 3.8) is 0 Å². The van der Waals surface area contributed by atoms with Gasteiger partial charge in [-0.15, -0.1) is 0 Å². The Morgan fingerprint density at radius 1 is 1.67 bits per heavy atom. The molecule has 0 aromatic carbocycles. The van der Waals surface area contributed by atoms with E-state index in [4.69, 9.17) is 5.11 Å². The summed E-state index contributed by atoms with van der Waals surface area (Å²) in [6, 6.07) is 0. The Morgan fingerprint density at radius 3 is 2.73 bits per heavy atom. The number of alkyl halides is 3. The van der Waals surface area contributed by atoms with Crippen LogP contribution in [0.2, 0.25) is 0 Å². The van der Waals surface area contributed by atoms with E-state index in [1.54, 1.807) is 0 Å². The molecule has 1 N–H and O–H groups in total.